The van der Waals surface area contributed by atoms with E-state index >= 15 is 0 Å². The van der Waals surface area contributed by atoms with Crippen molar-refractivity contribution in [2.24, 2.45) is 0 Å². The van der Waals surface area contributed by atoms with Gasteiger partial charge in [-0.25, -0.2) is 0 Å². The number of rotatable bonds is 6. The largest absolute Gasteiger partial charge is 0.383 e. The predicted octanol–water partition coefficient (Wildman–Crippen LogP) is 2.38. The van der Waals surface area contributed by atoms with Gasteiger partial charge >= 0.3 is 0 Å². The Balaban J connectivity index is 2.65. The Kier molecular flexibility index (Phi) is 5.63. The fourth-order valence-corrected chi connectivity index (χ4v) is 1.67. The van der Waals surface area contributed by atoms with Gasteiger partial charge in [0.05, 0.1) is 12.6 Å². The molecule has 2 heteroatoms. The third kappa shape index (κ3) is 4.06. The molecule has 2 unspecified atom stereocenters. The van der Waals surface area contributed by atoms with E-state index in [2.05, 4.69) is 30.3 Å². The van der Waals surface area contributed by atoms with Crippen LogP contribution in [-0.4, -0.2) is 19.8 Å². The van der Waals surface area contributed by atoms with Gasteiger partial charge in [0.15, 0.2) is 0 Å². The first-order valence-electron chi connectivity index (χ1n) is 5.51. The van der Waals surface area contributed by atoms with Gasteiger partial charge in [-0.2, -0.15) is 0 Å². The molecule has 0 fully saturated rings. The van der Waals surface area contributed by atoms with Gasteiger partial charge in [0.2, 0.25) is 0 Å². The standard InChI is InChI=1S/C14H19NO/c1-4-8-12(2)15-14(11-16-3)13-9-6-5-7-10-13/h1,5-7,9-10,12,14-15H,8,11H2,2-3H3. The van der Waals surface area contributed by atoms with Crippen LogP contribution in [0.15, 0.2) is 30.3 Å². The van der Waals surface area contributed by atoms with Gasteiger partial charge in [-0.15, -0.1) is 12.3 Å². The molecule has 0 spiro atoms. The van der Waals surface area contributed by atoms with Crippen LogP contribution in [0, 0.1) is 12.3 Å². The summed E-state index contributed by atoms with van der Waals surface area (Å²) in [5.41, 5.74) is 1.23. The molecule has 0 amide bonds. The highest BCUT2D eigenvalue weighted by Gasteiger charge is 2.12. The van der Waals surface area contributed by atoms with E-state index in [1.165, 1.54) is 5.56 Å². The summed E-state index contributed by atoms with van der Waals surface area (Å²) in [4.78, 5) is 0. The molecule has 0 saturated heterocycles. The maximum atomic E-state index is 5.30. The smallest absolute Gasteiger partial charge is 0.0657 e. The number of benzene rings is 1. The molecule has 16 heavy (non-hydrogen) atoms. The highest BCUT2D eigenvalue weighted by molar-refractivity contribution is 5.19. The normalized spacial score (nSPS) is 14.1. The average Bonchev–Trinajstić information content (AvgIpc) is 2.30. The van der Waals surface area contributed by atoms with E-state index in [0.717, 1.165) is 6.42 Å². The van der Waals surface area contributed by atoms with Gasteiger partial charge in [-0.3, -0.25) is 0 Å². The van der Waals surface area contributed by atoms with Crippen molar-refractivity contribution >= 4 is 0 Å². The average molecular weight is 217 g/mol. The zero-order valence-electron chi connectivity index (χ0n) is 9.94. The van der Waals surface area contributed by atoms with Crippen molar-refractivity contribution in [1.29, 1.82) is 0 Å². The van der Waals surface area contributed by atoms with Crippen LogP contribution in [0.5, 0.6) is 0 Å². The minimum Gasteiger partial charge on any atom is -0.383 e. The summed E-state index contributed by atoms with van der Waals surface area (Å²) in [6.07, 6.45) is 6.03. The lowest BCUT2D eigenvalue weighted by atomic mass is 10.1. The summed E-state index contributed by atoms with van der Waals surface area (Å²) >= 11 is 0. The van der Waals surface area contributed by atoms with Gasteiger partial charge in [-0.1, -0.05) is 30.3 Å². The number of nitrogens with one attached hydrogen (secondary N) is 1. The van der Waals surface area contributed by atoms with E-state index in [1.54, 1.807) is 7.11 Å². The Morgan fingerprint density at radius 3 is 2.62 bits per heavy atom. The lowest BCUT2D eigenvalue weighted by Gasteiger charge is -2.22. The van der Waals surface area contributed by atoms with Crippen LogP contribution in [0.1, 0.15) is 24.9 Å². The first-order chi connectivity index (χ1) is 7.77. The minimum atomic E-state index is 0.203. The monoisotopic (exact) mass is 217 g/mol. The molecule has 1 aromatic carbocycles. The molecule has 0 bridgehead atoms. The van der Waals surface area contributed by atoms with E-state index in [4.69, 9.17) is 11.2 Å². The molecule has 86 valence electrons. The Morgan fingerprint density at radius 1 is 1.38 bits per heavy atom. The van der Waals surface area contributed by atoms with E-state index in [9.17, 15) is 0 Å². The highest BCUT2D eigenvalue weighted by atomic mass is 16.5. The first kappa shape index (κ1) is 12.8. The molecule has 0 aliphatic heterocycles. The van der Waals surface area contributed by atoms with Gasteiger partial charge in [0, 0.05) is 19.6 Å². The predicted molar refractivity (Wildman–Crippen MR) is 67.1 cm³/mol. The molecule has 2 atom stereocenters. The summed E-state index contributed by atoms with van der Waals surface area (Å²) < 4.78 is 5.22. The second kappa shape index (κ2) is 7.05. The Bertz CT molecular complexity index is 328. The molecule has 0 heterocycles. The van der Waals surface area contributed by atoms with Crippen LogP contribution in [0.2, 0.25) is 0 Å². The molecule has 0 radical (unpaired) electrons. The third-order valence-corrected chi connectivity index (χ3v) is 2.45. The lowest BCUT2D eigenvalue weighted by Crippen LogP contribution is -2.32. The maximum Gasteiger partial charge on any atom is 0.0657 e. The quantitative estimate of drug-likeness (QED) is 0.739. The molecule has 0 aliphatic carbocycles. The van der Waals surface area contributed by atoms with E-state index in [0.29, 0.717) is 12.6 Å². The summed E-state index contributed by atoms with van der Waals surface area (Å²) in [6, 6.07) is 10.8. The fourth-order valence-electron chi connectivity index (χ4n) is 1.67. The Morgan fingerprint density at radius 2 is 2.06 bits per heavy atom. The number of methoxy groups -OCH3 is 1. The van der Waals surface area contributed by atoms with Crippen molar-refractivity contribution in [1.82, 2.24) is 5.32 Å². The number of hydrogen-bond acceptors (Lipinski definition) is 2. The molecule has 0 aliphatic rings. The molecule has 0 aromatic heterocycles. The third-order valence-electron chi connectivity index (χ3n) is 2.45. The fraction of sp³-hybridized carbons (Fsp3) is 0.429. The SMILES string of the molecule is C#CCC(C)NC(COC)c1ccccc1. The minimum absolute atomic E-state index is 0.203. The zero-order chi connectivity index (χ0) is 11.8. The van der Waals surface area contributed by atoms with Gasteiger partial charge in [-0.05, 0) is 12.5 Å². The molecule has 1 aromatic rings. The van der Waals surface area contributed by atoms with Crippen molar-refractivity contribution in [3.8, 4) is 12.3 Å². The number of hydrogen-bond donors (Lipinski definition) is 1. The summed E-state index contributed by atoms with van der Waals surface area (Å²) in [5.74, 6) is 2.66. The molecule has 1 N–H and O–H groups in total. The molecule has 1 rings (SSSR count). The first-order valence-corrected chi connectivity index (χ1v) is 5.51. The van der Waals surface area contributed by atoms with Crippen molar-refractivity contribution in [2.75, 3.05) is 13.7 Å². The van der Waals surface area contributed by atoms with Crippen LogP contribution < -0.4 is 5.32 Å². The highest BCUT2D eigenvalue weighted by Crippen LogP contribution is 2.14. The maximum absolute atomic E-state index is 5.30. The second-order valence-electron chi connectivity index (χ2n) is 3.89. The lowest BCUT2D eigenvalue weighted by molar-refractivity contribution is 0.162. The van der Waals surface area contributed by atoms with Gasteiger partial charge < -0.3 is 10.1 Å². The summed E-state index contributed by atoms with van der Waals surface area (Å²) in [7, 11) is 1.71. The topological polar surface area (TPSA) is 21.3 Å². The molecule has 2 nitrogen and oxygen atoms in total. The second-order valence-corrected chi connectivity index (χ2v) is 3.89. The molecular formula is C14H19NO. The zero-order valence-corrected chi connectivity index (χ0v) is 9.94. The summed E-state index contributed by atoms with van der Waals surface area (Å²) in [6.45, 7) is 2.74. The van der Waals surface area contributed by atoms with Crippen LogP contribution in [-0.2, 0) is 4.74 Å². The van der Waals surface area contributed by atoms with Crippen LogP contribution in [0.3, 0.4) is 0 Å². The van der Waals surface area contributed by atoms with Crippen molar-refractivity contribution in [3.05, 3.63) is 35.9 Å². The molecular weight excluding hydrogens is 198 g/mol. The van der Waals surface area contributed by atoms with Crippen molar-refractivity contribution < 1.29 is 4.74 Å². The van der Waals surface area contributed by atoms with Crippen LogP contribution >= 0.6 is 0 Å². The van der Waals surface area contributed by atoms with Crippen molar-refractivity contribution in [3.63, 3.8) is 0 Å². The number of ether oxygens (including phenoxy) is 1. The van der Waals surface area contributed by atoms with E-state index < -0.39 is 0 Å². The Hall–Kier alpha value is -1.30. The van der Waals surface area contributed by atoms with Gasteiger partial charge in [0.25, 0.3) is 0 Å². The van der Waals surface area contributed by atoms with Crippen molar-refractivity contribution in [2.45, 2.75) is 25.4 Å². The summed E-state index contributed by atoms with van der Waals surface area (Å²) in [5, 5.41) is 3.47. The van der Waals surface area contributed by atoms with Gasteiger partial charge in [0.1, 0.15) is 0 Å². The Labute approximate surface area is 98.0 Å². The van der Waals surface area contributed by atoms with E-state index in [1.807, 2.05) is 18.2 Å². The molecule has 0 saturated carbocycles. The number of terminal acetylenes is 1. The van der Waals surface area contributed by atoms with E-state index in [-0.39, 0.29) is 6.04 Å². The van der Waals surface area contributed by atoms with Crippen LogP contribution in [0.4, 0.5) is 0 Å². The van der Waals surface area contributed by atoms with Crippen LogP contribution in [0.25, 0.3) is 0 Å².